The number of rotatable bonds is 4. The zero-order valence-electron chi connectivity index (χ0n) is 14.9. The summed E-state index contributed by atoms with van der Waals surface area (Å²) in [7, 11) is 0. The van der Waals surface area contributed by atoms with Crippen molar-refractivity contribution in [3.8, 4) is 0 Å². The van der Waals surface area contributed by atoms with Crippen LogP contribution in [0.4, 0.5) is 0 Å². The predicted molar refractivity (Wildman–Crippen MR) is 98.3 cm³/mol. The monoisotopic (exact) mass is 357 g/mol. The van der Waals surface area contributed by atoms with Crippen molar-refractivity contribution in [2.45, 2.75) is 39.8 Å². The van der Waals surface area contributed by atoms with Crippen molar-refractivity contribution >= 4 is 23.2 Å². The van der Waals surface area contributed by atoms with E-state index in [0.717, 1.165) is 16.3 Å². The molecular weight excluding hydrogens is 334 g/mol. The summed E-state index contributed by atoms with van der Waals surface area (Å²) in [5, 5.41) is 2.86. The third kappa shape index (κ3) is 4.07. The first-order valence-electron chi connectivity index (χ1n) is 8.49. The maximum absolute atomic E-state index is 12.7. The Morgan fingerprint density at radius 1 is 1.24 bits per heavy atom. The minimum Gasteiger partial charge on any atom is -0.335 e. The molecule has 0 N–H and O–H groups in total. The van der Waals surface area contributed by atoms with E-state index in [4.69, 9.17) is 0 Å². The second-order valence-corrected chi connectivity index (χ2v) is 7.61. The summed E-state index contributed by atoms with van der Waals surface area (Å²) in [6.07, 6.45) is 0.264. The van der Waals surface area contributed by atoms with Gasteiger partial charge in [0.25, 0.3) is 0 Å². The van der Waals surface area contributed by atoms with Crippen molar-refractivity contribution in [1.82, 2.24) is 14.8 Å². The molecule has 1 atom stereocenters. The largest absolute Gasteiger partial charge is 0.335 e. The number of benzene rings is 1. The Balaban J connectivity index is 1.62. The van der Waals surface area contributed by atoms with Crippen LogP contribution in [0.2, 0.25) is 0 Å². The summed E-state index contributed by atoms with van der Waals surface area (Å²) in [5.74, 6) is -0.0178. The molecule has 25 heavy (non-hydrogen) atoms. The maximum Gasteiger partial charge on any atom is 0.245 e. The van der Waals surface area contributed by atoms with Gasteiger partial charge in [-0.15, -0.1) is 11.3 Å². The molecule has 1 aromatic carbocycles. The summed E-state index contributed by atoms with van der Waals surface area (Å²) in [5.41, 5.74) is 3.11. The fourth-order valence-electron chi connectivity index (χ4n) is 3.09. The van der Waals surface area contributed by atoms with Crippen LogP contribution >= 0.6 is 11.3 Å². The lowest BCUT2D eigenvalue weighted by atomic mass is 10.1. The van der Waals surface area contributed by atoms with Crippen LogP contribution < -0.4 is 0 Å². The van der Waals surface area contributed by atoms with Gasteiger partial charge < -0.3 is 9.80 Å². The average Bonchev–Trinajstić information content (AvgIpc) is 2.99. The van der Waals surface area contributed by atoms with Crippen LogP contribution in [-0.2, 0) is 22.6 Å². The second-order valence-electron chi connectivity index (χ2n) is 6.54. The highest BCUT2D eigenvalue weighted by Crippen LogP contribution is 2.17. The van der Waals surface area contributed by atoms with Crippen LogP contribution in [0.15, 0.2) is 29.6 Å². The molecule has 132 valence electrons. The zero-order chi connectivity index (χ0) is 18.0. The SMILES string of the molecule is Cc1ccc(CN2CCN(C(=O)Cc3csc(C)n3)[C@@H](C)C2=O)cc1. The molecule has 1 saturated heterocycles. The Labute approximate surface area is 152 Å². The van der Waals surface area contributed by atoms with Gasteiger partial charge in [-0.05, 0) is 26.3 Å². The third-order valence-electron chi connectivity index (χ3n) is 4.56. The molecule has 1 aliphatic rings. The summed E-state index contributed by atoms with van der Waals surface area (Å²) >= 11 is 1.54. The lowest BCUT2D eigenvalue weighted by Crippen LogP contribution is -2.57. The molecule has 1 aromatic heterocycles. The number of hydrogen-bond donors (Lipinski definition) is 0. The van der Waals surface area contributed by atoms with E-state index in [1.54, 1.807) is 4.90 Å². The van der Waals surface area contributed by atoms with Crippen LogP contribution in [-0.4, -0.2) is 45.7 Å². The quantitative estimate of drug-likeness (QED) is 0.845. The number of piperazine rings is 1. The fourth-order valence-corrected chi connectivity index (χ4v) is 3.70. The molecule has 1 aliphatic heterocycles. The fraction of sp³-hybridized carbons (Fsp3) is 0.421. The summed E-state index contributed by atoms with van der Waals surface area (Å²) in [6.45, 7) is 7.52. The lowest BCUT2D eigenvalue weighted by Gasteiger charge is -2.39. The van der Waals surface area contributed by atoms with Crippen LogP contribution in [0, 0.1) is 13.8 Å². The molecular formula is C19H23N3O2S. The Morgan fingerprint density at radius 2 is 1.96 bits per heavy atom. The smallest absolute Gasteiger partial charge is 0.245 e. The Kier molecular flexibility index (Phi) is 5.18. The average molecular weight is 357 g/mol. The van der Waals surface area contributed by atoms with Crippen molar-refractivity contribution in [1.29, 1.82) is 0 Å². The van der Waals surface area contributed by atoms with E-state index in [1.807, 2.05) is 31.1 Å². The van der Waals surface area contributed by atoms with E-state index < -0.39 is 6.04 Å². The van der Waals surface area contributed by atoms with E-state index in [0.29, 0.717) is 19.6 Å². The molecule has 0 radical (unpaired) electrons. The summed E-state index contributed by atoms with van der Waals surface area (Å²) < 4.78 is 0. The number of aromatic nitrogens is 1. The first-order chi connectivity index (χ1) is 11.9. The summed E-state index contributed by atoms with van der Waals surface area (Å²) in [4.78, 5) is 33.1. The Morgan fingerprint density at radius 3 is 2.60 bits per heavy atom. The van der Waals surface area contributed by atoms with E-state index in [1.165, 1.54) is 16.9 Å². The van der Waals surface area contributed by atoms with Gasteiger partial charge in [0.05, 0.1) is 17.1 Å². The molecule has 2 heterocycles. The van der Waals surface area contributed by atoms with Crippen LogP contribution in [0.25, 0.3) is 0 Å². The second kappa shape index (κ2) is 7.35. The van der Waals surface area contributed by atoms with Crippen molar-refractivity contribution < 1.29 is 9.59 Å². The van der Waals surface area contributed by atoms with Gasteiger partial charge in [0.2, 0.25) is 11.8 Å². The van der Waals surface area contributed by atoms with Crippen LogP contribution in [0.1, 0.15) is 28.8 Å². The first-order valence-corrected chi connectivity index (χ1v) is 9.37. The molecule has 0 unspecified atom stereocenters. The molecule has 2 aromatic rings. The third-order valence-corrected chi connectivity index (χ3v) is 5.38. The lowest BCUT2D eigenvalue weighted by molar-refractivity contribution is -0.150. The van der Waals surface area contributed by atoms with E-state index in [9.17, 15) is 9.59 Å². The van der Waals surface area contributed by atoms with Gasteiger partial charge in [-0.25, -0.2) is 4.98 Å². The van der Waals surface area contributed by atoms with Gasteiger partial charge in [0, 0.05) is 25.0 Å². The number of carbonyl (C=O) groups excluding carboxylic acids is 2. The molecule has 0 spiro atoms. The van der Waals surface area contributed by atoms with E-state index >= 15 is 0 Å². The van der Waals surface area contributed by atoms with Crippen molar-refractivity contribution in [2.75, 3.05) is 13.1 Å². The molecule has 0 saturated carbocycles. The molecule has 0 bridgehead atoms. The van der Waals surface area contributed by atoms with Gasteiger partial charge in [0.15, 0.2) is 0 Å². The molecule has 3 rings (SSSR count). The highest BCUT2D eigenvalue weighted by atomic mass is 32.1. The van der Waals surface area contributed by atoms with Crippen LogP contribution in [0.3, 0.4) is 0 Å². The Hall–Kier alpha value is -2.21. The molecule has 1 fully saturated rings. The standard InChI is InChI=1S/C19H23N3O2S/c1-13-4-6-16(7-5-13)11-21-8-9-22(14(2)19(21)24)18(23)10-17-12-25-15(3)20-17/h4-7,12,14H,8-11H2,1-3H3/t14-/m0/s1. The molecule has 0 aliphatic carbocycles. The normalized spacial score (nSPS) is 17.9. The molecule has 6 heteroatoms. The first kappa shape index (κ1) is 17.6. The number of hydrogen-bond acceptors (Lipinski definition) is 4. The minimum absolute atomic E-state index is 0.00892. The van der Waals surface area contributed by atoms with Gasteiger partial charge in [-0.1, -0.05) is 29.8 Å². The zero-order valence-corrected chi connectivity index (χ0v) is 15.7. The Bertz CT molecular complexity index is 769. The van der Waals surface area contributed by atoms with Crippen LogP contribution in [0.5, 0.6) is 0 Å². The maximum atomic E-state index is 12.7. The van der Waals surface area contributed by atoms with Gasteiger partial charge in [0.1, 0.15) is 6.04 Å². The van der Waals surface area contributed by atoms with Crippen molar-refractivity contribution in [2.24, 2.45) is 0 Å². The number of thiazole rings is 1. The number of aryl methyl sites for hydroxylation is 2. The topological polar surface area (TPSA) is 53.5 Å². The minimum atomic E-state index is -0.425. The highest BCUT2D eigenvalue weighted by molar-refractivity contribution is 7.09. The summed E-state index contributed by atoms with van der Waals surface area (Å²) in [6, 6.07) is 7.79. The highest BCUT2D eigenvalue weighted by Gasteiger charge is 2.34. The van der Waals surface area contributed by atoms with E-state index in [-0.39, 0.29) is 18.2 Å². The number of carbonyl (C=O) groups is 2. The number of nitrogens with zero attached hydrogens (tertiary/aromatic N) is 3. The number of amides is 2. The molecule has 5 nitrogen and oxygen atoms in total. The molecule has 2 amide bonds. The predicted octanol–water partition coefficient (Wildman–Crippen LogP) is 2.56. The van der Waals surface area contributed by atoms with Gasteiger partial charge >= 0.3 is 0 Å². The van der Waals surface area contributed by atoms with E-state index in [2.05, 4.69) is 29.2 Å². The van der Waals surface area contributed by atoms with Crippen molar-refractivity contribution in [3.05, 3.63) is 51.5 Å². The van der Waals surface area contributed by atoms with Gasteiger partial charge in [-0.3, -0.25) is 9.59 Å². The van der Waals surface area contributed by atoms with Gasteiger partial charge in [-0.2, -0.15) is 0 Å². The van der Waals surface area contributed by atoms with Crippen molar-refractivity contribution in [3.63, 3.8) is 0 Å².